The third-order valence-corrected chi connectivity index (χ3v) is 5.59. The van der Waals surface area contributed by atoms with Gasteiger partial charge in [0, 0.05) is 34.4 Å². The van der Waals surface area contributed by atoms with Gasteiger partial charge in [-0.2, -0.15) is 4.98 Å². The van der Waals surface area contributed by atoms with E-state index in [9.17, 15) is 4.79 Å². The maximum absolute atomic E-state index is 12.6. The Morgan fingerprint density at radius 3 is 1.91 bits per heavy atom. The molecule has 4 aromatic rings. The van der Waals surface area contributed by atoms with Crippen molar-refractivity contribution in [2.45, 2.75) is 40.0 Å². The average Bonchev–Trinajstić information content (AvgIpc) is 2.81. The lowest BCUT2D eigenvalue weighted by Crippen LogP contribution is -2.14. The fraction of sp³-hybridized carbons (Fsp3) is 0.207. The zero-order chi connectivity index (χ0) is 25.0. The Balaban J connectivity index is 1.40. The van der Waals surface area contributed by atoms with Crippen LogP contribution >= 0.6 is 0 Å². The molecule has 1 heterocycles. The normalized spacial score (nSPS) is 11.1. The molecular weight excluding hydrogens is 434 g/mol. The van der Waals surface area contributed by atoms with Crippen LogP contribution in [0.1, 0.15) is 48.0 Å². The molecule has 0 fully saturated rings. The number of amides is 1. The van der Waals surface area contributed by atoms with E-state index in [4.69, 9.17) is 0 Å². The molecular formula is C29H31N5O. The Hall–Kier alpha value is -4.19. The molecule has 0 atom stereocenters. The standard InChI is InChI=1S/C29H31N5O/c1-19-6-12-25(13-7-19)33-28-30-20(2)18-26(34-28)31-23-14-16-24(17-15-23)32-27(35)21-8-10-22(11-9-21)29(3,4)5/h6-18H,1-5H3,(H,32,35)(H2,30,31,33,34). The molecule has 1 amide bonds. The Morgan fingerprint density at radius 1 is 0.714 bits per heavy atom. The number of hydrogen-bond acceptors (Lipinski definition) is 5. The minimum Gasteiger partial charge on any atom is -0.340 e. The van der Waals surface area contributed by atoms with Gasteiger partial charge in [0.15, 0.2) is 0 Å². The average molecular weight is 466 g/mol. The Labute approximate surface area is 206 Å². The van der Waals surface area contributed by atoms with E-state index < -0.39 is 0 Å². The summed E-state index contributed by atoms with van der Waals surface area (Å²) in [5, 5.41) is 9.51. The summed E-state index contributed by atoms with van der Waals surface area (Å²) in [4.78, 5) is 21.7. The number of carbonyl (C=O) groups is 1. The second kappa shape index (κ2) is 9.97. The van der Waals surface area contributed by atoms with Crippen LogP contribution in [-0.4, -0.2) is 15.9 Å². The van der Waals surface area contributed by atoms with E-state index in [-0.39, 0.29) is 11.3 Å². The van der Waals surface area contributed by atoms with Crippen molar-refractivity contribution in [3.8, 4) is 0 Å². The highest BCUT2D eigenvalue weighted by Crippen LogP contribution is 2.24. The van der Waals surface area contributed by atoms with Gasteiger partial charge in [-0.05, 0) is 73.4 Å². The SMILES string of the molecule is Cc1ccc(Nc2nc(C)cc(Nc3ccc(NC(=O)c4ccc(C(C)(C)C)cc4)cc3)n2)cc1. The lowest BCUT2D eigenvalue weighted by Gasteiger charge is -2.19. The predicted octanol–water partition coefficient (Wildman–Crippen LogP) is 7.13. The summed E-state index contributed by atoms with van der Waals surface area (Å²) in [6.07, 6.45) is 0. The monoisotopic (exact) mass is 465 g/mol. The van der Waals surface area contributed by atoms with Crippen molar-refractivity contribution in [1.82, 2.24) is 9.97 Å². The molecule has 0 aliphatic heterocycles. The highest BCUT2D eigenvalue weighted by Gasteiger charge is 2.14. The maximum Gasteiger partial charge on any atom is 0.255 e. The Bertz CT molecular complexity index is 1310. The molecule has 0 saturated heterocycles. The van der Waals surface area contributed by atoms with Crippen LogP contribution in [0.2, 0.25) is 0 Å². The quantitative estimate of drug-likeness (QED) is 0.282. The third-order valence-electron chi connectivity index (χ3n) is 5.59. The molecule has 0 aliphatic rings. The number of carbonyl (C=O) groups excluding carboxylic acids is 1. The molecule has 0 aliphatic carbocycles. The van der Waals surface area contributed by atoms with Crippen molar-refractivity contribution < 1.29 is 4.79 Å². The van der Waals surface area contributed by atoms with E-state index in [1.807, 2.05) is 85.8 Å². The van der Waals surface area contributed by atoms with Gasteiger partial charge < -0.3 is 16.0 Å². The van der Waals surface area contributed by atoms with Crippen molar-refractivity contribution in [2.24, 2.45) is 0 Å². The number of nitrogens with one attached hydrogen (secondary N) is 3. The molecule has 0 unspecified atom stereocenters. The molecule has 4 rings (SSSR count). The van der Waals surface area contributed by atoms with Crippen molar-refractivity contribution in [1.29, 1.82) is 0 Å². The largest absolute Gasteiger partial charge is 0.340 e. The number of aryl methyl sites for hydroxylation is 2. The molecule has 3 N–H and O–H groups in total. The van der Waals surface area contributed by atoms with Gasteiger partial charge in [0.2, 0.25) is 5.95 Å². The van der Waals surface area contributed by atoms with Crippen LogP contribution in [0.5, 0.6) is 0 Å². The summed E-state index contributed by atoms with van der Waals surface area (Å²) >= 11 is 0. The lowest BCUT2D eigenvalue weighted by molar-refractivity contribution is 0.102. The van der Waals surface area contributed by atoms with Crippen LogP contribution in [-0.2, 0) is 5.41 Å². The van der Waals surface area contributed by atoms with Gasteiger partial charge in [0.1, 0.15) is 5.82 Å². The number of aromatic nitrogens is 2. The van der Waals surface area contributed by atoms with E-state index in [1.54, 1.807) is 0 Å². The number of benzene rings is 3. The summed E-state index contributed by atoms with van der Waals surface area (Å²) in [6.45, 7) is 10.4. The fourth-order valence-corrected chi connectivity index (χ4v) is 3.56. The summed E-state index contributed by atoms with van der Waals surface area (Å²) in [5.74, 6) is 1.07. The van der Waals surface area contributed by atoms with Crippen LogP contribution in [0.3, 0.4) is 0 Å². The molecule has 1 aromatic heterocycles. The van der Waals surface area contributed by atoms with Crippen molar-refractivity contribution in [3.63, 3.8) is 0 Å². The van der Waals surface area contributed by atoms with Gasteiger partial charge >= 0.3 is 0 Å². The lowest BCUT2D eigenvalue weighted by atomic mass is 9.87. The van der Waals surface area contributed by atoms with Gasteiger partial charge in [-0.3, -0.25) is 4.79 Å². The Kier molecular flexibility index (Phi) is 6.82. The first-order valence-electron chi connectivity index (χ1n) is 11.6. The zero-order valence-electron chi connectivity index (χ0n) is 20.8. The van der Waals surface area contributed by atoms with E-state index in [2.05, 4.69) is 53.6 Å². The number of nitrogens with zero attached hydrogens (tertiary/aromatic N) is 2. The van der Waals surface area contributed by atoms with Crippen molar-refractivity contribution in [3.05, 3.63) is 101 Å². The van der Waals surface area contributed by atoms with Gasteiger partial charge in [-0.1, -0.05) is 50.6 Å². The highest BCUT2D eigenvalue weighted by molar-refractivity contribution is 6.04. The molecule has 6 nitrogen and oxygen atoms in total. The van der Waals surface area contributed by atoms with Gasteiger partial charge in [0.05, 0.1) is 0 Å². The molecule has 6 heteroatoms. The summed E-state index contributed by atoms with van der Waals surface area (Å²) in [5.41, 5.74) is 6.43. The van der Waals surface area contributed by atoms with Crippen molar-refractivity contribution >= 4 is 34.7 Å². The van der Waals surface area contributed by atoms with E-state index >= 15 is 0 Å². The topological polar surface area (TPSA) is 78.9 Å². The van der Waals surface area contributed by atoms with Crippen LogP contribution in [0.4, 0.5) is 28.8 Å². The first-order chi connectivity index (χ1) is 16.7. The van der Waals surface area contributed by atoms with Gasteiger partial charge in [-0.25, -0.2) is 4.98 Å². The second-order valence-electron chi connectivity index (χ2n) is 9.69. The van der Waals surface area contributed by atoms with Crippen LogP contribution in [0, 0.1) is 13.8 Å². The number of hydrogen-bond donors (Lipinski definition) is 3. The molecule has 0 bridgehead atoms. The fourth-order valence-electron chi connectivity index (χ4n) is 3.56. The molecule has 178 valence electrons. The van der Waals surface area contributed by atoms with E-state index in [1.165, 1.54) is 11.1 Å². The minimum atomic E-state index is -0.135. The van der Waals surface area contributed by atoms with Crippen LogP contribution < -0.4 is 16.0 Å². The second-order valence-corrected chi connectivity index (χ2v) is 9.69. The first-order valence-corrected chi connectivity index (χ1v) is 11.6. The predicted molar refractivity (Wildman–Crippen MR) is 144 cm³/mol. The summed E-state index contributed by atoms with van der Waals surface area (Å²) in [6, 6.07) is 25.3. The third kappa shape index (κ3) is 6.44. The zero-order valence-corrected chi connectivity index (χ0v) is 20.8. The molecule has 0 radical (unpaired) electrons. The first kappa shape index (κ1) is 24.0. The molecule has 35 heavy (non-hydrogen) atoms. The Morgan fingerprint density at radius 2 is 1.29 bits per heavy atom. The summed E-state index contributed by atoms with van der Waals surface area (Å²) < 4.78 is 0. The van der Waals surface area contributed by atoms with E-state index in [0.29, 0.717) is 17.3 Å². The number of anilines is 5. The van der Waals surface area contributed by atoms with Gasteiger partial charge in [-0.15, -0.1) is 0 Å². The van der Waals surface area contributed by atoms with Crippen molar-refractivity contribution in [2.75, 3.05) is 16.0 Å². The number of rotatable bonds is 6. The summed E-state index contributed by atoms with van der Waals surface area (Å²) in [7, 11) is 0. The maximum atomic E-state index is 12.6. The minimum absolute atomic E-state index is 0.0531. The van der Waals surface area contributed by atoms with Crippen LogP contribution in [0.25, 0.3) is 0 Å². The molecule has 3 aromatic carbocycles. The smallest absolute Gasteiger partial charge is 0.255 e. The van der Waals surface area contributed by atoms with Crippen LogP contribution in [0.15, 0.2) is 78.9 Å². The van der Waals surface area contributed by atoms with E-state index in [0.717, 1.165) is 22.8 Å². The molecule has 0 spiro atoms. The van der Waals surface area contributed by atoms with Gasteiger partial charge in [0.25, 0.3) is 5.91 Å². The highest BCUT2D eigenvalue weighted by atomic mass is 16.1. The molecule has 0 saturated carbocycles.